The number of nitrogens with one attached hydrogen (secondary N) is 1. The van der Waals surface area contributed by atoms with Crippen LogP contribution in [0.4, 0.5) is 5.69 Å². The second kappa shape index (κ2) is 8.14. The van der Waals surface area contributed by atoms with E-state index in [0.29, 0.717) is 30.4 Å². The van der Waals surface area contributed by atoms with Crippen molar-refractivity contribution in [2.24, 2.45) is 0 Å². The molecule has 0 aliphatic carbocycles. The Morgan fingerprint density at radius 2 is 2.00 bits per heavy atom. The van der Waals surface area contributed by atoms with Gasteiger partial charge in [0, 0.05) is 23.8 Å². The van der Waals surface area contributed by atoms with E-state index < -0.39 is 6.04 Å². The molecule has 1 saturated heterocycles. The van der Waals surface area contributed by atoms with Gasteiger partial charge in [-0.2, -0.15) is 0 Å². The van der Waals surface area contributed by atoms with Gasteiger partial charge >= 0.3 is 5.97 Å². The quantitative estimate of drug-likeness (QED) is 0.834. The van der Waals surface area contributed by atoms with Crippen molar-refractivity contribution in [2.75, 3.05) is 18.5 Å². The standard InChI is InChI=1S/C19H19ClN2O3/c20-15-7-4-8-16(11-15)21-18(23)12-17-19(24)25-10-9-22(17)13-14-5-2-1-3-6-14/h1-8,11,17H,9-10,12-13H2,(H,21,23)/t17-/m1/s1. The summed E-state index contributed by atoms with van der Waals surface area (Å²) in [6.45, 7) is 1.55. The molecule has 1 N–H and O–H groups in total. The van der Waals surface area contributed by atoms with Gasteiger partial charge in [-0.15, -0.1) is 0 Å². The highest BCUT2D eigenvalue weighted by molar-refractivity contribution is 6.30. The Hall–Kier alpha value is -2.37. The fourth-order valence-electron chi connectivity index (χ4n) is 2.84. The maximum Gasteiger partial charge on any atom is 0.323 e. The number of morpholine rings is 1. The molecule has 0 saturated carbocycles. The molecule has 0 aromatic heterocycles. The van der Waals surface area contributed by atoms with Crippen molar-refractivity contribution in [3.8, 4) is 0 Å². The Morgan fingerprint density at radius 3 is 2.76 bits per heavy atom. The van der Waals surface area contributed by atoms with E-state index in [9.17, 15) is 9.59 Å². The summed E-state index contributed by atoms with van der Waals surface area (Å²) in [5.41, 5.74) is 1.70. The molecule has 1 amide bonds. The van der Waals surface area contributed by atoms with E-state index in [1.54, 1.807) is 24.3 Å². The van der Waals surface area contributed by atoms with Crippen molar-refractivity contribution in [1.82, 2.24) is 4.90 Å². The van der Waals surface area contributed by atoms with Gasteiger partial charge in [-0.1, -0.05) is 48.0 Å². The molecule has 3 rings (SSSR count). The number of amides is 1. The molecule has 1 aliphatic rings. The number of carbonyl (C=O) groups is 2. The summed E-state index contributed by atoms with van der Waals surface area (Å²) in [6.07, 6.45) is 0.0399. The molecule has 25 heavy (non-hydrogen) atoms. The van der Waals surface area contributed by atoms with Crippen LogP contribution in [0, 0.1) is 0 Å². The van der Waals surface area contributed by atoms with E-state index in [0.717, 1.165) is 5.56 Å². The van der Waals surface area contributed by atoms with Crippen molar-refractivity contribution in [1.29, 1.82) is 0 Å². The minimum Gasteiger partial charge on any atom is -0.463 e. The smallest absolute Gasteiger partial charge is 0.323 e. The first-order valence-corrected chi connectivity index (χ1v) is 8.49. The number of esters is 1. The van der Waals surface area contributed by atoms with Crippen LogP contribution in [0.15, 0.2) is 54.6 Å². The van der Waals surface area contributed by atoms with Gasteiger partial charge in [0.2, 0.25) is 5.91 Å². The predicted molar refractivity (Wildman–Crippen MR) is 96.3 cm³/mol. The van der Waals surface area contributed by atoms with E-state index >= 15 is 0 Å². The molecular weight excluding hydrogens is 340 g/mol. The maximum absolute atomic E-state index is 12.3. The highest BCUT2D eigenvalue weighted by Crippen LogP contribution is 2.19. The predicted octanol–water partition coefficient (Wildman–Crippen LogP) is 3.10. The fraction of sp³-hybridized carbons (Fsp3) is 0.263. The number of cyclic esters (lactones) is 1. The molecule has 1 heterocycles. The van der Waals surface area contributed by atoms with Crippen molar-refractivity contribution in [2.45, 2.75) is 19.0 Å². The number of nitrogens with zero attached hydrogens (tertiary/aromatic N) is 1. The first-order valence-electron chi connectivity index (χ1n) is 8.12. The largest absolute Gasteiger partial charge is 0.463 e. The Morgan fingerprint density at radius 1 is 1.20 bits per heavy atom. The molecule has 1 aliphatic heterocycles. The number of halogens is 1. The molecule has 2 aromatic carbocycles. The Labute approximate surface area is 151 Å². The summed E-state index contributed by atoms with van der Waals surface area (Å²) >= 11 is 5.92. The first kappa shape index (κ1) is 17.5. The van der Waals surface area contributed by atoms with Crippen LogP contribution in [0.25, 0.3) is 0 Å². The number of hydrogen-bond donors (Lipinski definition) is 1. The van der Waals surface area contributed by atoms with Crippen LogP contribution in [0.2, 0.25) is 5.02 Å². The lowest BCUT2D eigenvalue weighted by atomic mass is 10.1. The van der Waals surface area contributed by atoms with E-state index in [-0.39, 0.29) is 18.3 Å². The number of anilines is 1. The van der Waals surface area contributed by atoms with Crippen molar-refractivity contribution < 1.29 is 14.3 Å². The Bertz CT molecular complexity index is 751. The minimum atomic E-state index is -0.590. The van der Waals surface area contributed by atoms with Crippen LogP contribution in [-0.4, -0.2) is 36.0 Å². The number of benzene rings is 2. The SMILES string of the molecule is O=C(C[C@@H]1C(=O)OCCN1Cc1ccccc1)Nc1cccc(Cl)c1. The van der Waals surface area contributed by atoms with Gasteiger partial charge in [0.05, 0.1) is 6.42 Å². The third-order valence-corrected chi connectivity index (χ3v) is 4.29. The monoisotopic (exact) mass is 358 g/mol. The molecule has 0 bridgehead atoms. The lowest BCUT2D eigenvalue weighted by Gasteiger charge is -2.33. The highest BCUT2D eigenvalue weighted by Gasteiger charge is 2.33. The summed E-state index contributed by atoms with van der Waals surface area (Å²) in [4.78, 5) is 26.5. The van der Waals surface area contributed by atoms with Crippen LogP contribution < -0.4 is 5.32 Å². The molecule has 1 atom stereocenters. The van der Waals surface area contributed by atoms with E-state index in [4.69, 9.17) is 16.3 Å². The van der Waals surface area contributed by atoms with Gasteiger partial charge in [-0.25, -0.2) is 0 Å². The number of rotatable bonds is 5. The molecule has 0 radical (unpaired) electrons. The average Bonchev–Trinajstić information content (AvgIpc) is 2.59. The lowest BCUT2D eigenvalue weighted by molar-refractivity contribution is -0.159. The zero-order chi connectivity index (χ0) is 17.6. The zero-order valence-electron chi connectivity index (χ0n) is 13.7. The molecule has 5 nitrogen and oxygen atoms in total. The maximum atomic E-state index is 12.3. The molecule has 1 fully saturated rings. The van der Waals surface area contributed by atoms with Gasteiger partial charge in [-0.3, -0.25) is 14.5 Å². The first-order chi connectivity index (χ1) is 12.1. The molecular formula is C19H19ClN2O3. The van der Waals surface area contributed by atoms with E-state index in [1.807, 2.05) is 35.2 Å². The van der Waals surface area contributed by atoms with Gasteiger partial charge in [0.25, 0.3) is 0 Å². The van der Waals surface area contributed by atoms with Crippen LogP contribution in [0.3, 0.4) is 0 Å². The van der Waals surface area contributed by atoms with Crippen molar-refractivity contribution in [3.05, 3.63) is 65.2 Å². The molecule has 0 unspecified atom stereocenters. The third-order valence-electron chi connectivity index (χ3n) is 4.05. The van der Waals surface area contributed by atoms with Gasteiger partial charge in [-0.05, 0) is 23.8 Å². The topological polar surface area (TPSA) is 58.6 Å². The van der Waals surface area contributed by atoms with E-state index in [1.165, 1.54) is 0 Å². The summed E-state index contributed by atoms with van der Waals surface area (Å²) in [5, 5.41) is 3.32. The summed E-state index contributed by atoms with van der Waals surface area (Å²) in [7, 11) is 0. The second-order valence-corrected chi connectivity index (χ2v) is 6.34. The Kier molecular flexibility index (Phi) is 5.68. The highest BCUT2D eigenvalue weighted by atomic mass is 35.5. The van der Waals surface area contributed by atoms with Crippen molar-refractivity contribution >= 4 is 29.2 Å². The van der Waals surface area contributed by atoms with Crippen LogP contribution in [0.1, 0.15) is 12.0 Å². The lowest BCUT2D eigenvalue weighted by Crippen LogP contribution is -2.49. The van der Waals surface area contributed by atoms with Gasteiger partial charge < -0.3 is 10.1 Å². The minimum absolute atomic E-state index is 0.0399. The zero-order valence-corrected chi connectivity index (χ0v) is 14.4. The molecule has 2 aromatic rings. The van der Waals surface area contributed by atoms with Crippen LogP contribution >= 0.6 is 11.6 Å². The summed E-state index contributed by atoms with van der Waals surface area (Å²) < 4.78 is 5.15. The normalized spacial score (nSPS) is 17.8. The number of carbonyl (C=O) groups excluding carboxylic acids is 2. The molecule has 0 spiro atoms. The number of hydrogen-bond acceptors (Lipinski definition) is 4. The van der Waals surface area contributed by atoms with E-state index in [2.05, 4.69) is 5.32 Å². The average molecular weight is 359 g/mol. The van der Waals surface area contributed by atoms with Crippen LogP contribution in [-0.2, 0) is 20.9 Å². The van der Waals surface area contributed by atoms with Crippen molar-refractivity contribution in [3.63, 3.8) is 0 Å². The molecule has 6 heteroatoms. The molecule has 130 valence electrons. The Balaban J connectivity index is 1.66. The number of ether oxygens (including phenoxy) is 1. The third kappa shape index (κ3) is 4.81. The summed E-state index contributed by atoms with van der Waals surface area (Å²) in [6, 6.07) is 16.2. The van der Waals surface area contributed by atoms with Gasteiger partial charge in [0.15, 0.2) is 0 Å². The fourth-order valence-corrected chi connectivity index (χ4v) is 3.03. The van der Waals surface area contributed by atoms with Crippen LogP contribution in [0.5, 0.6) is 0 Å². The van der Waals surface area contributed by atoms with Gasteiger partial charge in [0.1, 0.15) is 12.6 Å². The summed E-state index contributed by atoms with van der Waals surface area (Å²) in [5.74, 6) is -0.604. The second-order valence-electron chi connectivity index (χ2n) is 5.90.